The molecule has 0 saturated carbocycles. The Kier molecular flexibility index (Phi) is 0.960. The Labute approximate surface area is 55.3 Å². The maximum atomic E-state index is 3.08. The maximum absolute atomic E-state index is 3.08. The zero-order chi connectivity index (χ0) is 6.10. The molecule has 9 heavy (non-hydrogen) atoms. The fourth-order valence-electron chi connectivity index (χ4n) is 1.09. The molecule has 44 valence electrons. The van der Waals surface area contributed by atoms with Crippen LogP contribution in [0.5, 0.6) is 0 Å². The number of allylic oxidation sites excluding steroid dienone is 4. The van der Waals surface area contributed by atoms with E-state index in [0.29, 0.717) is 5.92 Å². The highest BCUT2D eigenvalue weighted by Crippen LogP contribution is 2.30. The topological polar surface area (TPSA) is 0 Å². The third-order valence-electron chi connectivity index (χ3n) is 1.78. The average molecular weight is 116 g/mol. The lowest BCUT2D eigenvalue weighted by Gasteiger charge is -2.07. The SMILES string of the molecule is C1#CCC(C2C=C2)C=C1. The Balaban J connectivity index is 2.02. The minimum Gasteiger partial charge on any atom is -0.0979 e. The summed E-state index contributed by atoms with van der Waals surface area (Å²) in [6, 6.07) is 0. The zero-order valence-electron chi connectivity index (χ0n) is 5.17. The van der Waals surface area contributed by atoms with Crippen LogP contribution in [0, 0.1) is 23.7 Å². The van der Waals surface area contributed by atoms with Gasteiger partial charge in [-0.05, 0) is 12.0 Å². The Morgan fingerprint density at radius 3 is 2.67 bits per heavy atom. The van der Waals surface area contributed by atoms with Gasteiger partial charge in [0.15, 0.2) is 0 Å². The van der Waals surface area contributed by atoms with E-state index < -0.39 is 0 Å². The van der Waals surface area contributed by atoms with Gasteiger partial charge in [-0.15, -0.1) is 0 Å². The second-order valence-corrected chi connectivity index (χ2v) is 2.51. The standard InChI is InChI=1S/C9H8/c1-2-4-8(5-3-1)9-6-7-9/h2,4,6-9H,5H2. The summed E-state index contributed by atoms with van der Waals surface area (Å²) in [4.78, 5) is 0. The fourth-order valence-corrected chi connectivity index (χ4v) is 1.09. The van der Waals surface area contributed by atoms with E-state index in [4.69, 9.17) is 0 Å². The summed E-state index contributed by atoms with van der Waals surface area (Å²) in [5.41, 5.74) is 0. The first-order valence-electron chi connectivity index (χ1n) is 3.30. The minimum atomic E-state index is 0.700. The molecule has 0 radical (unpaired) electrons. The van der Waals surface area contributed by atoms with E-state index in [1.165, 1.54) is 0 Å². The molecule has 0 spiro atoms. The Bertz CT molecular complexity index is 216. The van der Waals surface area contributed by atoms with E-state index in [0.717, 1.165) is 12.3 Å². The van der Waals surface area contributed by atoms with Crippen molar-refractivity contribution in [1.29, 1.82) is 0 Å². The number of rotatable bonds is 1. The largest absolute Gasteiger partial charge is 0.0979 e. The molecule has 0 amide bonds. The van der Waals surface area contributed by atoms with E-state index in [1.54, 1.807) is 0 Å². The van der Waals surface area contributed by atoms with Gasteiger partial charge in [-0.25, -0.2) is 0 Å². The van der Waals surface area contributed by atoms with Crippen molar-refractivity contribution in [3.63, 3.8) is 0 Å². The molecule has 2 aliphatic rings. The van der Waals surface area contributed by atoms with Crippen molar-refractivity contribution in [2.75, 3.05) is 0 Å². The highest BCUT2D eigenvalue weighted by atomic mass is 14.2. The lowest BCUT2D eigenvalue weighted by Crippen LogP contribution is -2.00. The Morgan fingerprint density at radius 1 is 1.22 bits per heavy atom. The van der Waals surface area contributed by atoms with Crippen molar-refractivity contribution >= 4 is 0 Å². The average Bonchev–Trinajstić information content (AvgIpc) is 2.71. The Hall–Kier alpha value is -0.960. The van der Waals surface area contributed by atoms with Crippen LogP contribution in [0.25, 0.3) is 0 Å². The van der Waals surface area contributed by atoms with Gasteiger partial charge in [0, 0.05) is 12.3 Å². The smallest absolute Gasteiger partial charge is 0.0164 e. The van der Waals surface area contributed by atoms with Gasteiger partial charge in [0.1, 0.15) is 0 Å². The third-order valence-corrected chi connectivity index (χ3v) is 1.78. The van der Waals surface area contributed by atoms with Crippen LogP contribution in [0.2, 0.25) is 0 Å². The summed E-state index contributed by atoms with van der Waals surface area (Å²) in [6.07, 6.45) is 9.70. The quantitative estimate of drug-likeness (QED) is 0.361. The summed E-state index contributed by atoms with van der Waals surface area (Å²) < 4.78 is 0. The van der Waals surface area contributed by atoms with Crippen molar-refractivity contribution in [2.24, 2.45) is 11.8 Å². The van der Waals surface area contributed by atoms with Crippen molar-refractivity contribution in [3.8, 4) is 11.8 Å². The molecule has 0 aromatic carbocycles. The van der Waals surface area contributed by atoms with Gasteiger partial charge in [-0.2, -0.15) is 0 Å². The molecule has 0 saturated heterocycles. The van der Waals surface area contributed by atoms with Gasteiger partial charge < -0.3 is 0 Å². The predicted molar refractivity (Wildman–Crippen MR) is 37.7 cm³/mol. The molecule has 0 aromatic rings. The highest BCUT2D eigenvalue weighted by molar-refractivity contribution is 5.28. The minimum absolute atomic E-state index is 0.700. The van der Waals surface area contributed by atoms with Gasteiger partial charge in [0.05, 0.1) is 0 Å². The lowest BCUT2D eigenvalue weighted by molar-refractivity contribution is 0.622. The molecular formula is C9H8. The van der Waals surface area contributed by atoms with Crippen molar-refractivity contribution in [2.45, 2.75) is 6.42 Å². The molecule has 0 heterocycles. The monoisotopic (exact) mass is 116 g/mol. The van der Waals surface area contributed by atoms with Crippen molar-refractivity contribution in [3.05, 3.63) is 24.3 Å². The maximum Gasteiger partial charge on any atom is 0.0164 e. The van der Waals surface area contributed by atoms with Crippen LogP contribution in [-0.2, 0) is 0 Å². The van der Waals surface area contributed by atoms with Crippen molar-refractivity contribution in [1.82, 2.24) is 0 Å². The van der Waals surface area contributed by atoms with E-state index in [2.05, 4.69) is 30.1 Å². The van der Waals surface area contributed by atoms with Crippen LogP contribution in [0.1, 0.15) is 6.42 Å². The van der Waals surface area contributed by atoms with Crippen LogP contribution in [0.15, 0.2) is 24.3 Å². The van der Waals surface area contributed by atoms with Gasteiger partial charge in [-0.3, -0.25) is 0 Å². The van der Waals surface area contributed by atoms with Crippen LogP contribution < -0.4 is 0 Å². The van der Waals surface area contributed by atoms with Crippen LogP contribution >= 0.6 is 0 Å². The summed E-state index contributed by atoms with van der Waals surface area (Å²) in [7, 11) is 0. The molecule has 0 N–H and O–H groups in total. The van der Waals surface area contributed by atoms with Crippen LogP contribution in [0.3, 0.4) is 0 Å². The number of hydrogen-bond donors (Lipinski definition) is 0. The van der Waals surface area contributed by atoms with Crippen LogP contribution in [-0.4, -0.2) is 0 Å². The van der Waals surface area contributed by atoms with Gasteiger partial charge in [-0.1, -0.05) is 30.1 Å². The highest BCUT2D eigenvalue weighted by Gasteiger charge is 2.20. The second kappa shape index (κ2) is 1.77. The van der Waals surface area contributed by atoms with E-state index in [9.17, 15) is 0 Å². The molecule has 0 aliphatic heterocycles. The first-order valence-corrected chi connectivity index (χ1v) is 3.30. The van der Waals surface area contributed by atoms with Crippen LogP contribution in [0.4, 0.5) is 0 Å². The van der Waals surface area contributed by atoms with Gasteiger partial charge in [0.25, 0.3) is 0 Å². The molecular weight excluding hydrogens is 108 g/mol. The van der Waals surface area contributed by atoms with E-state index in [1.807, 2.05) is 6.08 Å². The second-order valence-electron chi connectivity index (χ2n) is 2.51. The van der Waals surface area contributed by atoms with E-state index >= 15 is 0 Å². The first kappa shape index (κ1) is 4.88. The summed E-state index contributed by atoms with van der Waals surface area (Å²) >= 11 is 0. The molecule has 2 rings (SSSR count). The third kappa shape index (κ3) is 0.907. The van der Waals surface area contributed by atoms with Gasteiger partial charge in [0.2, 0.25) is 0 Å². The van der Waals surface area contributed by atoms with Gasteiger partial charge >= 0.3 is 0 Å². The summed E-state index contributed by atoms with van der Waals surface area (Å²) in [5.74, 6) is 7.46. The lowest BCUT2D eigenvalue weighted by atomic mass is 9.96. The fraction of sp³-hybridized carbons (Fsp3) is 0.333. The molecule has 1 atom stereocenters. The Morgan fingerprint density at radius 2 is 2.11 bits per heavy atom. The predicted octanol–water partition coefficient (Wildman–Crippen LogP) is 1.75. The normalized spacial score (nSPS) is 29.6. The van der Waals surface area contributed by atoms with E-state index in [-0.39, 0.29) is 0 Å². The molecule has 0 fully saturated rings. The zero-order valence-corrected chi connectivity index (χ0v) is 5.17. The molecule has 0 bridgehead atoms. The molecule has 0 aromatic heterocycles. The summed E-state index contributed by atoms with van der Waals surface area (Å²) in [6.45, 7) is 0. The molecule has 2 aliphatic carbocycles. The molecule has 0 nitrogen and oxygen atoms in total. The van der Waals surface area contributed by atoms with Crippen molar-refractivity contribution < 1.29 is 0 Å². The number of hydrogen-bond acceptors (Lipinski definition) is 0. The molecule has 1 unspecified atom stereocenters. The molecule has 0 heteroatoms. The first-order chi connectivity index (χ1) is 4.47. The summed E-state index contributed by atoms with van der Waals surface area (Å²) in [5, 5.41) is 0.